The Kier molecular flexibility index (Phi) is 4.40. The molecule has 6 nitrogen and oxygen atoms in total. The Morgan fingerprint density at radius 3 is 2.58 bits per heavy atom. The third-order valence-corrected chi connectivity index (χ3v) is 6.20. The fraction of sp³-hybridized carbons (Fsp3) is 0.368. The highest BCUT2D eigenvalue weighted by Crippen LogP contribution is 2.32. The van der Waals surface area contributed by atoms with Gasteiger partial charge >= 0.3 is 0 Å². The van der Waals surface area contributed by atoms with Crippen LogP contribution in [0.2, 0.25) is 0 Å². The summed E-state index contributed by atoms with van der Waals surface area (Å²) >= 11 is 1.64. The highest BCUT2D eigenvalue weighted by molar-refractivity contribution is 8.04. The van der Waals surface area contributed by atoms with Crippen LogP contribution in [0.5, 0.6) is 0 Å². The summed E-state index contributed by atoms with van der Waals surface area (Å²) in [4.78, 5) is 30.0. The number of anilines is 2. The standard InChI is InChI=1S/C19H22N4O2S/c1-21-14-6-3-2-5-13(14)17(16(20)19(21)25)22-8-10-23(11-9-22)18(24)15-7-4-12-26-15/h2-3,5-7H,4,8-12,20H2,1H3. The van der Waals surface area contributed by atoms with Crippen molar-refractivity contribution in [1.82, 2.24) is 9.47 Å². The van der Waals surface area contributed by atoms with E-state index in [4.69, 9.17) is 5.73 Å². The summed E-state index contributed by atoms with van der Waals surface area (Å²) in [7, 11) is 1.74. The number of nitrogens with two attached hydrogens (primary N) is 1. The van der Waals surface area contributed by atoms with Crippen molar-refractivity contribution in [2.24, 2.45) is 7.05 Å². The monoisotopic (exact) mass is 370 g/mol. The summed E-state index contributed by atoms with van der Waals surface area (Å²) in [6.07, 6.45) is 3.01. The molecule has 0 spiro atoms. The number of allylic oxidation sites excluding steroid dienone is 1. The number of hydrogen-bond acceptors (Lipinski definition) is 5. The van der Waals surface area contributed by atoms with Crippen molar-refractivity contribution in [2.45, 2.75) is 6.42 Å². The number of para-hydroxylation sites is 1. The van der Waals surface area contributed by atoms with Crippen molar-refractivity contribution < 1.29 is 4.79 Å². The Hall–Kier alpha value is -2.41. The minimum atomic E-state index is -0.176. The maximum atomic E-state index is 12.6. The van der Waals surface area contributed by atoms with Crippen molar-refractivity contribution in [3.8, 4) is 0 Å². The number of pyridine rings is 1. The molecule has 3 heterocycles. The van der Waals surface area contributed by atoms with Crippen LogP contribution in [0, 0.1) is 0 Å². The average Bonchev–Trinajstić information content (AvgIpc) is 3.21. The summed E-state index contributed by atoms with van der Waals surface area (Å²) in [6.45, 7) is 2.62. The van der Waals surface area contributed by atoms with E-state index in [2.05, 4.69) is 4.90 Å². The minimum Gasteiger partial charge on any atom is -0.393 e. The van der Waals surface area contributed by atoms with E-state index in [1.165, 1.54) is 0 Å². The maximum Gasteiger partial charge on any atom is 0.276 e. The van der Waals surface area contributed by atoms with Gasteiger partial charge in [0.15, 0.2) is 0 Å². The fourth-order valence-electron chi connectivity index (χ4n) is 3.70. The molecular formula is C19H22N4O2S. The van der Waals surface area contributed by atoms with E-state index in [-0.39, 0.29) is 17.2 Å². The maximum absolute atomic E-state index is 12.6. The van der Waals surface area contributed by atoms with Crippen LogP contribution in [0.3, 0.4) is 0 Å². The molecule has 1 amide bonds. The molecule has 1 saturated heterocycles. The van der Waals surface area contributed by atoms with Crippen molar-refractivity contribution in [3.05, 3.63) is 45.6 Å². The first-order valence-electron chi connectivity index (χ1n) is 8.82. The van der Waals surface area contributed by atoms with Crippen molar-refractivity contribution in [3.63, 3.8) is 0 Å². The SMILES string of the molecule is Cn1c(=O)c(N)c(N2CCN(C(=O)C3=CCCS3)CC2)c2ccccc21. The lowest BCUT2D eigenvalue weighted by Gasteiger charge is -2.37. The van der Waals surface area contributed by atoms with Gasteiger partial charge in [0.2, 0.25) is 0 Å². The summed E-state index contributed by atoms with van der Waals surface area (Å²) in [5.74, 6) is 1.13. The van der Waals surface area contributed by atoms with Gasteiger partial charge in [0.1, 0.15) is 5.69 Å². The largest absolute Gasteiger partial charge is 0.393 e. The third kappa shape index (κ3) is 2.76. The second-order valence-corrected chi connectivity index (χ2v) is 7.77. The molecule has 0 atom stereocenters. The van der Waals surface area contributed by atoms with E-state index >= 15 is 0 Å². The van der Waals surface area contributed by atoms with Gasteiger partial charge in [0.05, 0.1) is 16.1 Å². The van der Waals surface area contributed by atoms with E-state index in [0.29, 0.717) is 26.2 Å². The van der Waals surface area contributed by atoms with Crippen LogP contribution in [0.15, 0.2) is 40.0 Å². The van der Waals surface area contributed by atoms with Crippen molar-refractivity contribution in [1.29, 1.82) is 0 Å². The number of piperazine rings is 1. The third-order valence-electron chi connectivity index (χ3n) is 5.11. The summed E-state index contributed by atoms with van der Waals surface area (Å²) in [5, 5.41) is 0.973. The second-order valence-electron chi connectivity index (χ2n) is 6.63. The summed E-state index contributed by atoms with van der Waals surface area (Å²) in [5.41, 5.74) is 7.97. The number of thioether (sulfide) groups is 1. The molecule has 2 aliphatic rings. The van der Waals surface area contributed by atoms with E-state index in [1.54, 1.807) is 23.4 Å². The number of rotatable bonds is 2. The van der Waals surface area contributed by atoms with Gasteiger partial charge in [-0.2, -0.15) is 0 Å². The minimum absolute atomic E-state index is 0.133. The molecule has 136 valence electrons. The number of amides is 1. The van der Waals surface area contributed by atoms with Crippen LogP contribution in [0.4, 0.5) is 11.4 Å². The smallest absolute Gasteiger partial charge is 0.276 e. The zero-order chi connectivity index (χ0) is 18.3. The molecule has 26 heavy (non-hydrogen) atoms. The Morgan fingerprint density at radius 2 is 1.88 bits per heavy atom. The quantitative estimate of drug-likeness (QED) is 0.873. The van der Waals surface area contributed by atoms with Gasteiger partial charge < -0.3 is 20.1 Å². The van der Waals surface area contributed by atoms with E-state index < -0.39 is 0 Å². The molecule has 0 saturated carbocycles. The Bertz CT molecular complexity index is 958. The number of nitrogens with zero attached hydrogens (tertiary/aromatic N) is 3. The van der Waals surface area contributed by atoms with Crippen LogP contribution in [0.25, 0.3) is 10.9 Å². The first-order valence-corrected chi connectivity index (χ1v) is 9.81. The van der Waals surface area contributed by atoms with Gasteiger partial charge in [0, 0.05) is 44.4 Å². The molecule has 2 aromatic rings. The van der Waals surface area contributed by atoms with Crippen molar-refractivity contribution in [2.75, 3.05) is 42.6 Å². The second kappa shape index (κ2) is 6.72. The van der Waals surface area contributed by atoms with Gasteiger partial charge in [0.25, 0.3) is 11.5 Å². The molecule has 1 aromatic carbocycles. The molecule has 0 bridgehead atoms. The zero-order valence-electron chi connectivity index (χ0n) is 14.8. The van der Waals surface area contributed by atoms with Crippen LogP contribution in [-0.4, -0.2) is 47.3 Å². The molecule has 0 aliphatic carbocycles. The number of benzene rings is 1. The Balaban J connectivity index is 1.62. The normalized spacial score (nSPS) is 17.7. The highest BCUT2D eigenvalue weighted by Gasteiger charge is 2.27. The highest BCUT2D eigenvalue weighted by atomic mass is 32.2. The number of fused-ring (bicyclic) bond motifs is 1. The molecule has 1 aromatic heterocycles. The van der Waals surface area contributed by atoms with Crippen LogP contribution >= 0.6 is 11.8 Å². The van der Waals surface area contributed by atoms with Crippen molar-refractivity contribution >= 4 is 39.9 Å². The van der Waals surface area contributed by atoms with Gasteiger partial charge in [-0.1, -0.05) is 24.3 Å². The van der Waals surface area contributed by atoms with Crippen LogP contribution in [-0.2, 0) is 11.8 Å². The fourth-order valence-corrected chi connectivity index (χ4v) is 4.64. The molecule has 0 radical (unpaired) electrons. The van der Waals surface area contributed by atoms with E-state index in [9.17, 15) is 9.59 Å². The Labute approximate surface area is 156 Å². The predicted molar refractivity (Wildman–Crippen MR) is 108 cm³/mol. The summed E-state index contributed by atoms with van der Waals surface area (Å²) < 4.78 is 1.59. The van der Waals surface area contributed by atoms with E-state index in [1.807, 2.05) is 35.2 Å². The lowest BCUT2D eigenvalue weighted by Crippen LogP contribution is -2.49. The molecule has 0 unspecified atom stereocenters. The number of hydrogen-bond donors (Lipinski definition) is 1. The molecule has 2 N–H and O–H groups in total. The molecular weight excluding hydrogens is 348 g/mol. The molecule has 2 aliphatic heterocycles. The zero-order valence-corrected chi connectivity index (χ0v) is 15.6. The number of aromatic nitrogens is 1. The number of nitrogen functional groups attached to an aromatic ring is 1. The van der Waals surface area contributed by atoms with Gasteiger partial charge in [-0.15, -0.1) is 11.8 Å². The lowest BCUT2D eigenvalue weighted by atomic mass is 10.1. The van der Waals surface area contributed by atoms with Crippen LogP contribution in [0.1, 0.15) is 6.42 Å². The lowest BCUT2D eigenvalue weighted by molar-refractivity contribution is -0.126. The topological polar surface area (TPSA) is 71.6 Å². The first kappa shape index (κ1) is 17.0. The molecule has 7 heteroatoms. The number of aryl methyl sites for hydroxylation is 1. The van der Waals surface area contributed by atoms with Gasteiger partial charge in [-0.25, -0.2) is 0 Å². The Morgan fingerprint density at radius 1 is 1.15 bits per heavy atom. The number of carbonyl (C=O) groups excluding carboxylic acids is 1. The van der Waals surface area contributed by atoms with E-state index in [0.717, 1.165) is 33.7 Å². The predicted octanol–water partition coefficient (Wildman–Crippen LogP) is 1.79. The average molecular weight is 370 g/mol. The molecule has 1 fully saturated rings. The molecule has 4 rings (SSSR count). The van der Waals surface area contributed by atoms with Gasteiger partial charge in [-0.3, -0.25) is 9.59 Å². The van der Waals surface area contributed by atoms with Gasteiger partial charge in [-0.05, 0) is 12.5 Å². The number of carbonyl (C=O) groups is 1. The van der Waals surface area contributed by atoms with Crippen LogP contribution < -0.4 is 16.2 Å². The summed E-state index contributed by atoms with van der Waals surface area (Å²) in [6, 6.07) is 7.81. The first-order chi connectivity index (χ1) is 12.6.